The molecule has 142 valence electrons. The Balaban J connectivity index is 1.79. The molecule has 0 aliphatic heterocycles. The molecule has 0 spiro atoms. The average Bonchev–Trinajstić information content (AvgIpc) is 2.91. The van der Waals surface area contributed by atoms with Crippen LogP contribution < -0.4 is 0 Å². The Morgan fingerprint density at radius 1 is 1.38 bits per heavy atom. The summed E-state index contributed by atoms with van der Waals surface area (Å²) in [7, 11) is 0. The van der Waals surface area contributed by atoms with Crippen LogP contribution in [0, 0.1) is 17.8 Å². The Kier molecular flexibility index (Phi) is 6.06. The van der Waals surface area contributed by atoms with E-state index in [9.17, 15) is 4.79 Å². The highest BCUT2D eigenvalue weighted by Gasteiger charge is 2.33. The van der Waals surface area contributed by atoms with Crippen molar-refractivity contribution in [1.82, 2.24) is 9.55 Å². The van der Waals surface area contributed by atoms with Gasteiger partial charge in [-0.05, 0) is 48.8 Å². The summed E-state index contributed by atoms with van der Waals surface area (Å²) in [5.74, 6) is 2.40. The number of benzene rings is 1. The molecule has 3 atom stereocenters. The molecule has 0 amide bonds. The molecule has 5 heteroatoms. The zero-order valence-electron chi connectivity index (χ0n) is 16.2. The van der Waals surface area contributed by atoms with Crippen LogP contribution in [0.1, 0.15) is 52.8 Å². The third-order valence-corrected chi connectivity index (χ3v) is 6.13. The minimum Gasteiger partial charge on any atom is -0.461 e. The summed E-state index contributed by atoms with van der Waals surface area (Å²) in [6.45, 7) is 9.02. The van der Waals surface area contributed by atoms with Gasteiger partial charge in [0.2, 0.25) is 0 Å². The number of nitrogens with zero attached hydrogens (tertiary/aromatic N) is 2. The second-order valence-corrected chi connectivity index (χ2v) is 8.87. The first-order valence-electron chi connectivity index (χ1n) is 9.73. The molecule has 1 aromatic carbocycles. The highest BCUT2D eigenvalue weighted by Crippen LogP contribution is 2.35. The fraction of sp³-hybridized carbons (Fsp3) is 0.619. The molecule has 1 unspecified atom stereocenters. The summed E-state index contributed by atoms with van der Waals surface area (Å²) < 4.78 is 8.98. The zero-order valence-corrected chi connectivity index (χ0v) is 17.8. The number of ether oxygens (including phenoxy) is 1. The van der Waals surface area contributed by atoms with Gasteiger partial charge in [-0.15, -0.1) is 0 Å². The number of hydrogen-bond acceptors (Lipinski definition) is 3. The van der Waals surface area contributed by atoms with E-state index >= 15 is 0 Å². The summed E-state index contributed by atoms with van der Waals surface area (Å²) >= 11 is 3.52. The van der Waals surface area contributed by atoms with Crippen molar-refractivity contribution in [2.75, 3.05) is 0 Å². The molecule has 2 aromatic rings. The number of halogens is 1. The largest absolute Gasteiger partial charge is 0.461 e. The van der Waals surface area contributed by atoms with E-state index in [1.54, 1.807) is 0 Å². The number of hydrogen-bond donors (Lipinski definition) is 0. The molecule has 4 nitrogen and oxygen atoms in total. The van der Waals surface area contributed by atoms with Gasteiger partial charge in [-0.3, -0.25) is 4.79 Å². The maximum absolute atomic E-state index is 12.8. The van der Waals surface area contributed by atoms with E-state index in [-0.39, 0.29) is 18.6 Å². The summed E-state index contributed by atoms with van der Waals surface area (Å²) in [4.78, 5) is 17.4. The third-order valence-electron chi connectivity index (χ3n) is 5.64. The highest BCUT2D eigenvalue weighted by molar-refractivity contribution is 9.10. The topological polar surface area (TPSA) is 44.1 Å². The summed E-state index contributed by atoms with van der Waals surface area (Å²) in [5, 5.41) is 0. The molecular weight excluding hydrogens is 392 g/mol. The van der Waals surface area contributed by atoms with Crippen LogP contribution in [0.2, 0.25) is 0 Å². The van der Waals surface area contributed by atoms with Crippen LogP contribution in [-0.4, -0.2) is 21.6 Å². The minimum absolute atomic E-state index is 0.0397. The Labute approximate surface area is 164 Å². The highest BCUT2D eigenvalue weighted by atomic mass is 79.9. The van der Waals surface area contributed by atoms with E-state index in [1.165, 1.54) is 6.42 Å². The number of carbonyl (C=O) groups is 1. The zero-order chi connectivity index (χ0) is 18.8. The predicted octanol–water partition coefficient (Wildman–Crippen LogP) is 5.37. The van der Waals surface area contributed by atoms with E-state index in [0.29, 0.717) is 17.8 Å². The third kappa shape index (κ3) is 4.13. The van der Waals surface area contributed by atoms with Gasteiger partial charge in [-0.1, -0.05) is 50.0 Å². The lowest BCUT2D eigenvalue weighted by Gasteiger charge is -2.36. The molecular formula is C21H29BrN2O2. The Morgan fingerprint density at radius 3 is 2.85 bits per heavy atom. The van der Waals surface area contributed by atoms with Crippen LogP contribution in [0.3, 0.4) is 0 Å². The first-order chi connectivity index (χ1) is 12.4. The molecule has 0 saturated heterocycles. The van der Waals surface area contributed by atoms with E-state index in [2.05, 4.69) is 48.6 Å². The second kappa shape index (κ2) is 8.12. The van der Waals surface area contributed by atoms with Gasteiger partial charge in [0.25, 0.3) is 0 Å². The van der Waals surface area contributed by atoms with Gasteiger partial charge in [0.15, 0.2) is 0 Å². The van der Waals surface area contributed by atoms with Crippen LogP contribution in [-0.2, 0) is 22.5 Å². The van der Waals surface area contributed by atoms with Crippen molar-refractivity contribution in [3.8, 4) is 0 Å². The van der Waals surface area contributed by atoms with Gasteiger partial charge in [0.05, 0.1) is 11.0 Å². The quantitative estimate of drug-likeness (QED) is 0.610. The van der Waals surface area contributed by atoms with Crippen LogP contribution in [0.25, 0.3) is 11.0 Å². The summed E-state index contributed by atoms with van der Waals surface area (Å²) in [6, 6.07) is 5.99. The molecule has 26 heavy (non-hydrogen) atoms. The number of imidazole rings is 1. The Bertz CT molecular complexity index is 784. The SMILES string of the molecule is CCc1nc2ccc(Br)cc2n1CC(=O)O[C@@H]1CC(C)CC[C@H]1C(C)C. The first-order valence-corrected chi connectivity index (χ1v) is 10.5. The van der Waals surface area contributed by atoms with E-state index in [4.69, 9.17) is 4.74 Å². The van der Waals surface area contributed by atoms with Crippen molar-refractivity contribution < 1.29 is 9.53 Å². The predicted molar refractivity (Wildman–Crippen MR) is 108 cm³/mol. The Hall–Kier alpha value is -1.36. The van der Waals surface area contributed by atoms with Gasteiger partial charge in [-0.25, -0.2) is 4.98 Å². The van der Waals surface area contributed by atoms with Gasteiger partial charge >= 0.3 is 5.97 Å². The lowest BCUT2D eigenvalue weighted by atomic mass is 9.75. The lowest BCUT2D eigenvalue weighted by Crippen LogP contribution is -2.36. The van der Waals surface area contributed by atoms with Crippen molar-refractivity contribution >= 4 is 32.9 Å². The van der Waals surface area contributed by atoms with Crippen molar-refractivity contribution in [2.45, 2.75) is 66.0 Å². The molecule has 0 bridgehead atoms. The van der Waals surface area contributed by atoms with Gasteiger partial charge in [0.1, 0.15) is 18.5 Å². The molecule has 1 fully saturated rings. The standard InChI is InChI=1S/C21H29BrN2O2/c1-5-20-23-17-9-7-15(22)11-18(17)24(20)12-21(25)26-19-10-14(4)6-8-16(19)13(2)3/h7,9,11,13-14,16,19H,5-6,8,10,12H2,1-4H3/t14?,16-,19+/m0/s1. The van der Waals surface area contributed by atoms with Crippen LogP contribution >= 0.6 is 15.9 Å². The second-order valence-electron chi connectivity index (χ2n) is 7.96. The molecule has 1 aliphatic rings. The maximum Gasteiger partial charge on any atom is 0.326 e. The number of esters is 1. The number of aryl methyl sites for hydroxylation is 1. The van der Waals surface area contributed by atoms with Crippen molar-refractivity contribution in [1.29, 1.82) is 0 Å². The smallest absolute Gasteiger partial charge is 0.326 e. The molecule has 1 aromatic heterocycles. The van der Waals surface area contributed by atoms with E-state index in [0.717, 1.165) is 40.6 Å². The molecule has 0 radical (unpaired) electrons. The molecule has 0 N–H and O–H groups in total. The minimum atomic E-state index is -0.149. The van der Waals surface area contributed by atoms with E-state index < -0.39 is 0 Å². The fourth-order valence-corrected chi connectivity index (χ4v) is 4.53. The average molecular weight is 421 g/mol. The Morgan fingerprint density at radius 2 is 2.15 bits per heavy atom. The summed E-state index contributed by atoms with van der Waals surface area (Å²) in [6.07, 6.45) is 4.19. The monoisotopic (exact) mass is 420 g/mol. The van der Waals surface area contributed by atoms with Crippen molar-refractivity contribution in [2.24, 2.45) is 17.8 Å². The summed E-state index contributed by atoms with van der Waals surface area (Å²) in [5.41, 5.74) is 1.90. The molecule has 3 rings (SSSR count). The van der Waals surface area contributed by atoms with Gasteiger partial charge in [-0.2, -0.15) is 0 Å². The molecule has 1 heterocycles. The van der Waals surface area contributed by atoms with Crippen LogP contribution in [0.15, 0.2) is 22.7 Å². The van der Waals surface area contributed by atoms with Crippen molar-refractivity contribution in [3.05, 3.63) is 28.5 Å². The molecule has 1 aliphatic carbocycles. The van der Waals surface area contributed by atoms with Crippen LogP contribution in [0.4, 0.5) is 0 Å². The van der Waals surface area contributed by atoms with Crippen LogP contribution in [0.5, 0.6) is 0 Å². The van der Waals surface area contributed by atoms with Gasteiger partial charge in [0, 0.05) is 10.9 Å². The lowest BCUT2D eigenvalue weighted by molar-refractivity contribution is -0.156. The maximum atomic E-state index is 12.8. The number of fused-ring (bicyclic) bond motifs is 1. The normalized spacial score (nSPS) is 23.5. The number of aromatic nitrogens is 2. The van der Waals surface area contributed by atoms with Crippen molar-refractivity contribution in [3.63, 3.8) is 0 Å². The first kappa shape index (κ1) is 19.4. The van der Waals surface area contributed by atoms with E-state index in [1.807, 2.05) is 22.8 Å². The number of carbonyl (C=O) groups excluding carboxylic acids is 1. The van der Waals surface area contributed by atoms with Gasteiger partial charge < -0.3 is 9.30 Å². The fourth-order valence-electron chi connectivity index (χ4n) is 4.18. The molecule has 1 saturated carbocycles. The number of rotatable bonds is 5.